The third-order valence-corrected chi connectivity index (χ3v) is 5.73. The highest BCUT2D eigenvalue weighted by molar-refractivity contribution is 6.36. The average Bonchev–Trinajstić information content (AvgIpc) is 2.75. The van der Waals surface area contributed by atoms with Gasteiger partial charge in [0.25, 0.3) is 5.91 Å². The number of benzene rings is 3. The molecule has 3 aromatic rings. The zero-order chi connectivity index (χ0) is 20.9. The van der Waals surface area contributed by atoms with Gasteiger partial charge in [-0.05, 0) is 47.4 Å². The molecule has 4 nitrogen and oxygen atoms in total. The molecule has 152 valence electrons. The smallest absolute Gasteiger partial charge is 0.271 e. The van der Waals surface area contributed by atoms with Crippen molar-refractivity contribution in [2.24, 2.45) is 5.10 Å². The second kappa shape index (κ2) is 9.43. The first kappa shape index (κ1) is 20.6. The van der Waals surface area contributed by atoms with E-state index in [0.29, 0.717) is 21.2 Å². The average molecular weight is 438 g/mol. The number of hydrogen-bond donors (Lipinski definition) is 1. The van der Waals surface area contributed by atoms with E-state index in [1.54, 1.807) is 18.2 Å². The van der Waals surface area contributed by atoms with Crippen molar-refractivity contribution in [1.82, 2.24) is 10.3 Å². The Morgan fingerprint density at radius 1 is 1.03 bits per heavy atom. The maximum absolute atomic E-state index is 12.3. The van der Waals surface area contributed by atoms with E-state index in [4.69, 9.17) is 23.2 Å². The van der Waals surface area contributed by atoms with Crippen molar-refractivity contribution in [2.75, 3.05) is 6.54 Å². The van der Waals surface area contributed by atoms with Crippen LogP contribution in [0.25, 0.3) is 0 Å². The molecule has 6 heteroatoms. The minimum Gasteiger partial charge on any atom is -0.294 e. The van der Waals surface area contributed by atoms with Crippen molar-refractivity contribution in [2.45, 2.75) is 19.5 Å². The lowest BCUT2D eigenvalue weighted by Gasteiger charge is -2.28. The molecule has 30 heavy (non-hydrogen) atoms. The van der Waals surface area contributed by atoms with Crippen LogP contribution in [0.5, 0.6) is 0 Å². The zero-order valence-corrected chi connectivity index (χ0v) is 17.8. The topological polar surface area (TPSA) is 44.7 Å². The zero-order valence-electron chi connectivity index (χ0n) is 16.3. The summed E-state index contributed by atoms with van der Waals surface area (Å²) in [5.41, 5.74) is 7.80. The van der Waals surface area contributed by atoms with Gasteiger partial charge >= 0.3 is 0 Å². The molecular formula is C24H21Cl2N3O. The molecule has 0 unspecified atom stereocenters. The maximum atomic E-state index is 12.3. The van der Waals surface area contributed by atoms with Gasteiger partial charge in [0.2, 0.25) is 0 Å². The summed E-state index contributed by atoms with van der Waals surface area (Å²) in [6.07, 6.45) is 2.57. The Kier molecular flexibility index (Phi) is 6.48. The minimum atomic E-state index is -0.269. The van der Waals surface area contributed by atoms with Gasteiger partial charge in [0.15, 0.2) is 0 Å². The predicted molar refractivity (Wildman–Crippen MR) is 122 cm³/mol. The van der Waals surface area contributed by atoms with E-state index in [0.717, 1.165) is 26.1 Å². The molecule has 4 rings (SSSR count). The van der Waals surface area contributed by atoms with Crippen LogP contribution in [0.15, 0.2) is 71.8 Å². The Morgan fingerprint density at radius 3 is 2.57 bits per heavy atom. The lowest BCUT2D eigenvalue weighted by Crippen LogP contribution is -2.30. The number of halogens is 2. The molecule has 1 aliphatic heterocycles. The SMILES string of the molecule is O=C(N/N=C/c1ccc(Cl)cc1Cl)c1ccc(CN2CCc3ccccc3C2)cc1. The normalized spacial score (nSPS) is 13.9. The molecule has 0 fully saturated rings. The van der Waals surface area contributed by atoms with Crippen molar-refractivity contribution in [3.8, 4) is 0 Å². The number of hydrogen-bond acceptors (Lipinski definition) is 3. The number of amides is 1. The first-order chi connectivity index (χ1) is 14.6. The molecule has 0 atom stereocenters. The molecule has 0 aromatic heterocycles. The van der Waals surface area contributed by atoms with Crippen LogP contribution in [0.3, 0.4) is 0 Å². The Labute approximate surface area is 186 Å². The van der Waals surface area contributed by atoms with Gasteiger partial charge in [-0.1, -0.05) is 65.7 Å². The van der Waals surface area contributed by atoms with Gasteiger partial charge in [-0.15, -0.1) is 0 Å². The molecule has 0 saturated carbocycles. The van der Waals surface area contributed by atoms with E-state index >= 15 is 0 Å². The molecule has 0 aliphatic carbocycles. The van der Waals surface area contributed by atoms with E-state index in [1.165, 1.54) is 22.9 Å². The first-order valence-electron chi connectivity index (χ1n) is 9.75. The highest BCUT2D eigenvalue weighted by atomic mass is 35.5. The lowest BCUT2D eigenvalue weighted by atomic mass is 9.99. The summed E-state index contributed by atoms with van der Waals surface area (Å²) in [6.45, 7) is 2.87. The van der Waals surface area contributed by atoms with Gasteiger partial charge in [-0.25, -0.2) is 5.43 Å². The third kappa shape index (κ3) is 5.08. The first-order valence-corrected chi connectivity index (χ1v) is 10.5. The number of carbonyl (C=O) groups excluding carboxylic acids is 1. The van der Waals surface area contributed by atoms with Crippen LogP contribution >= 0.6 is 23.2 Å². The van der Waals surface area contributed by atoms with Crippen molar-refractivity contribution in [3.63, 3.8) is 0 Å². The second-order valence-corrected chi connectivity index (χ2v) is 8.13. The number of hydrazone groups is 1. The molecule has 0 saturated heterocycles. The van der Waals surface area contributed by atoms with Crippen molar-refractivity contribution in [3.05, 3.63) is 105 Å². The van der Waals surface area contributed by atoms with Crippen LogP contribution in [-0.4, -0.2) is 23.6 Å². The van der Waals surface area contributed by atoms with Crippen LogP contribution in [0, 0.1) is 0 Å². The Hall–Kier alpha value is -2.66. The number of fused-ring (bicyclic) bond motifs is 1. The summed E-state index contributed by atoms with van der Waals surface area (Å²) in [6, 6.07) is 21.4. The van der Waals surface area contributed by atoms with E-state index in [-0.39, 0.29) is 5.91 Å². The summed E-state index contributed by atoms with van der Waals surface area (Å²) in [7, 11) is 0. The highest BCUT2D eigenvalue weighted by Gasteiger charge is 2.15. The summed E-state index contributed by atoms with van der Waals surface area (Å²) >= 11 is 12.0. The van der Waals surface area contributed by atoms with Crippen molar-refractivity contribution >= 4 is 35.3 Å². The molecule has 0 spiro atoms. The van der Waals surface area contributed by atoms with Gasteiger partial charge in [0.05, 0.1) is 11.2 Å². The summed E-state index contributed by atoms with van der Waals surface area (Å²) in [5, 5.41) is 5.01. The molecular weight excluding hydrogens is 417 g/mol. The molecule has 1 heterocycles. The summed E-state index contributed by atoms with van der Waals surface area (Å²) in [4.78, 5) is 14.8. The highest BCUT2D eigenvalue weighted by Crippen LogP contribution is 2.21. The van der Waals surface area contributed by atoms with E-state index in [2.05, 4.69) is 39.7 Å². The van der Waals surface area contributed by atoms with Gasteiger partial charge in [-0.2, -0.15) is 5.10 Å². The second-order valence-electron chi connectivity index (χ2n) is 7.29. The monoisotopic (exact) mass is 437 g/mol. The van der Waals surface area contributed by atoms with Crippen molar-refractivity contribution < 1.29 is 4.79 Å². The number of rotatable bonds is 5. The lowest BCUT2D eigenvalue weighted by molar-refractivity contribution is 0.0955. The van der Waals surface area contributed by atoms with Crippen LogP contribution in [0.1, 0.15) is 32.6 Å². The molecule has 1 aliphatic rings. The van der Waals surface area contributed by atoms with Crippen LogP contribution in [0.4, 0.5) is 0 Å². The van der Waals surface area contributed by atoms with E-state index < -0.39 is 0 Å². The largest absolute Gasteiger partial charge is 0.294 e. The maximum Gasteiger partial charge on any atom is 0.271 e. The van der Waals surface area contributed by atoms with Crippen LogP contribution in [0.2, 0.25) is 10.0 Å². The molecule has 1 amide bonds. The fourth-order valence-electron chi connectivity index (χ4n) is 3.54. The fourth-order valence-corrected chi connectivity index (χ4v) is 4.00. The van der Waals surface area contributed by atoms with Gasteiger partial charge < -0.3 is 0 Å². The van der Waals surface area contributed by atoms with Crippen molar-refractivity contribution in [1.29, 1.82) is 0 Å². The number of nitrogens with one attached hydrogen (secondary N) is 1. The third-order valence-electron chi connectivity index (χ3n) is 5.16. The molecule has 0 radical (unpaired) electrons. The molecule has 1 N–H and O–H groups in total. The van der Waals surface area contributed by atoms with E-state index in [1.807, 2.05) is 24.3 Å². The van der Waals surface area contributed by atoms with Crippen LogP contribution in [-0.2, 0) is 19.5 Å². The van der Waals surface area contributed by atoms with E-state index in [9.17, 15) is 4.79 Å². The Morgan fingerprint density at radius 2 is 1.80 bits per heavy atom. The van der Waals surface area contributed by atoms with Crippen LogP contribution < -0.4 is 5.43 Å². The predicted octanol–water partition coefficient (Wildman–Crippen LogP) is 5.32. The Balaban J connectivity index is 1.33. The minimum absolute atomic E-state index is 0.269. The summed E-state index contributed by atoms with van der Waals surface area (Å²) in [5.74, 6) is -0.269. The van der Waals surface area contributed by atoms with Gasteiger partial charge in [-0.3, -0.25) is 9.69 Å². The number of nitrogens with zero attached hydrogens (tertiary/aromatic N) is 2. The quantitative estimate of drug-likeness (QED) is 0.433. The molecule has 0 bridgehead atoms. The standard InChI is InChI=1S/C24H21Cl2N3O/c25-22-10-9-20(23(26)13-22)14-27-28-24(30)19-7-5-17(6-8-19)15-29-12-11-18-3-1-2-4-21(18)16-29/h1-10,13-14H,11-12,15-16H2,(H,28,30)/b27-14+. The summed E-state index contributed by atoms with van der Waals surface area (Å²) < 4.78 is 0. The molecule has 3 aromatic carbocycles. The van der Waals surface area contributed by atoms with Gasteiger partial charge in [0, 0.05) is 35.8 Å². The Bertz CT molecular complexity index is 1080. The number of carbonyl (C=O) groups is 1. The van der Waals surface area contributed by atoms with Gasteiger partial charge in [0.1, 0.15) is 0 Å². The fraction of sp³-hybridized carbons (Fsp3) is 0.167.